The van der Waals surface area contributed by atoms with Gasteiger partial charge in [0.15, 0.2) is 0 Å². The highest BCUT2D eigenvalue weighted by molar-refractivity contribution is 5.81. The summed E-state index contributed by atoms with van der Waals surface area (Å²) in [4.78, 5) is 16.4. The minimum Gasteiger partial charge on any atom is -0.491 e. The lowest BCUT2D eigenvalue weighted by atomic mass is 10.2. The van der Waals surface area contributed by atoms with Crippen LogP contribution in [0.25, 0.3) is 0 Å². The maximum atomic E-state index is 12.2. The Hall–Kier alpha value is -1.59. The molecule has 3 rings (SSSR count). The molecule has 0 bridgehead atoms. The van der Waals surface area contributed by atoms with E-state index in [2.05, 4.69) is 11.8 Å². The molecule has 5 nitrogen and oxygen atoms in total. The molecule has 0 unspecified atom stereocenters. The van der Waals surface area contributed by atoms with Crippen LogP contribution in [-0.4, -0.2) is 66.2 Å². The van der Waals surface area contributed by atoms with Crippen LogP contribution in [0.2, 0.25) is 0 Å². The number of hydrogen-bond acceptors (Lipinski definition) is 4. The van der Waals surface area contributed by atoms with E-state index in [9.17, 15) is 9.90 Å². The molecule has 3 atom stereocenters. The van der Waals surface area contributed by atoms with Crippen molar-refractivity contribution < 1.29 is 14.6 Å². The smallest absolute Gasteiger partial charge is 0.226 e. The van der Waals surface area contributed by atoms with E-state index in [0.717, 1.165) is 38.3 Å². The number of carbonyl (C=O) groups is 1. The van der Waals surface area contributed by atoms with Gasteiger partial charge in [-0.15, -0.1) is 0 Å². The van der Waals surface area contributed by atoms with Crippen molar-refractivity contribution in [3.63, 3.8) is 0 Å². The standard InChI is InChI=1S/C18H26N2O3/c1-14-11-17(14)18(22)20-9-7-19(8-10-20)12-15(21)13-23-16-5-3-2-4-6-16/h2-6,14-15,17,21H,7-13H2,1H3/t14-,15-,17+/m1/s1. The summed E-state index contributed by atoms with van der Waals surface area (Å²) >= 11 is 0. The molecule has 0 aromatic heterocycles. The highest BCUT2D eigenvalue weighted by Gasteiger charge is 2.41. The molecule has 126 valence electrons. The number of amides is 1. The van der Waals surface area contributed by atoms with E-state index in [0.29, 0.717) is 25.0 Å². The number of benzene rings is 1. The van der Waals surface area contributed by atoms with Gasteiger partial charge in [0.25, 0.3) is 0 Å². The minimum absolute atomic E-state index is 0.270. The van der Waals surface area contributed by atoms with Crippen LogP contribution in [0.5, 0.6) is 5.75 Å². The molecule has 0 spiro atoms. The second-order valence-electron chi connectivity index (χ2n) is 6.72. The Bertz CT molecular complexity index is 514. The fourth-order valence-electron chi connectivity index (χ4n) is 3.11. The fraction of sp³-hybridized carbons (Fsp3) is 0.611. The van der Waals surface area contributed by atoms with Gasteiger partial charge in [0.1, 0.15) is 18.5 Å². The summed E-state index contributed by atoms with van der Waals surface area (Å²) in [6.07, 6.45) is 0.537. The molecular formula is C18H26N2O3. The maximum Gasteiger partial charge on any atom is 0.226 e. The Balaban J connectivity index is 1.36. The van der Waals surface area contributed by atoms with Crippen molar-refractivity contribution in [3.05, 3.63) is 30.3 Å². The van der Waals surface area contributed by atoms with Gasteiger partial charge < -0.3 is 14.7 Å². The molecule has 0 radical (unpaired) electrons. The summed E-state index contributed by atoms with van der Waals surface area (Å²) in [5, 5.41) is 10.1. The second-order valence-corrected chi connectivity index (χ2v) is 6.72. The summed E-state index contributed by atoms with van der Waals surface area (Å²) < 4.78 is 5.58. The number of ether oxygens (including phenoxy) is 1. The number of hydrogen-bond donors (Lipinski definition) is 1. The van der Waals surface area contributed by atoms with Gasteiger partial charge in [0.05, 0.1) is 0 Å². The van der Waals surface area contributed by atoms with Gasteiger partial charge in [0, 0.05) is 38.6 Å². The van der Waals surface area contributed by atoms with E-state index in [-0.39, 0.29) is 5.92 Å². The molecule has 5 heteroatoms. The molecule has 1 aromatic rings. The van der Waals surface area contributed by atoms with Gasteiger partial charge in [-0.3, -0.25) is 9.69 Å². The number of rotatable bonds is 6. The van der Waals surface area contributed by atoms with E-state index in [1.807, 2.05) is 35.2 Å². The topological polar surface area (TPSA) is 53.0 Å². The molecule has 1 aromatic carbocycles. The predicted octanol–water partition coefficient (Wildman–Crippen LogP) is 1.23. The van der Waals surface area contributed by atoms with E-state index in [1.165, 1.54) is 0 Å². The van der Waals surface area contributed by atoms with Crippen molar-refractivity contribution in [2.24, 2.45) is 11.8 Å². The van der Waals surface area contributed by atoms with Crippen LogP contribution in [-0.2, 0) is 4.79 Å². The molecule has 1 amide bonds. The first-order valence-corrected chi connectivity index (χ1v) is 8.50. The monoisotopic (exact) mass is 318 g/mol. The molecule has 1 N–H and O–H groups in total. The number of piperazine rings is 1. The van der Waals surface area contributed by atoms with Crippen molar-refractivity contribution in [1.82, 2.24) is 9.80 Å². The van der Waals surface area contributed by atoms with Crippen LogP contribution in [0, 0.1) is 11.8 Å². The zero-order valence-corrected chi connectivity index (χ0v) is 13.7. The number of carbonyl (C=O) groups excluding carboxylic acids is 1. The molecule has 1 aliphatic carbocycles. The Morgan fingerprint density at radius 1 is 1.26 bits per heavy atom. The number of β-amino-alcohol motifs (C(OH)–C–C–N with tert-alkyl or cyclic N) is 1. The molecule has 2 aliphatic rings. The molecule has 23 heavy (non-hydrogen) atoms. The SMILES string of the molecule is C[C@@H]1C[C@@H]1C(=O)N1CCN(C[C@@H](O)COc2ccccc2)CC1. The predicted molar refractivity (Wildman–Crippen MR) is 88.2 cm³/mol. The number of nitrogens with zero attached hydrogens (tertiary/aromatic N) is 2. The third kappa shape index (κ3) is 4.45. The Labute approximate surface area is 137 Å². The lowest BCUT2D eigenvalue weighted by Gasteiger charge is -2.35. The Morgan fingerprint density at radius 2 is 1.91 bits per heavy atom. The number of aliphatic hydroxyl groups is 1. The summed E-state index contributed by atoms with van der Waals surface area (Å²) in [6.45, 7) is 6.23. The van der Waals surface area contributed by atoms with Crippen LogP contribution >= 0.6 is 0 Å². The molecule has 2 fully saturated rings. The summed E-state index contributed by atoms with van der Waals surface area (Å²) in [6, 6.07) is 9.54. The highest BCUT2D eigenvalue weighted by Crippen LogP contribution is 2.39. The molecule has 1 saturated heterocycles. The lowest BCUT2D eigenvalue weighted by molar-refractivity contribution is -0.134. The molecule has 1 saturated carbocycles. The molecule has 1 heterocycles. The van der Waals surface area contributed by atoms with Gasteiger partial charge >= 0.3 is 0 Å². The quantitative estimate of drug-likeness (QED) is 0.857. The van der Waals surface area contributed by atoms with Gasteiger partial charge in [-0.2, -0.15) is 0 Å². The second kappa shape index (κ2) is 7.32. The van der Waals surface area contributed by atoms with Gasteiger partial charge in [-0.1, -0.05) is 25.1 Å². The zero-order valence-electron chi connectivity index (χ0n) is 13.7. The third-order valence-corrected chi connectivity index (χ3v) is 4.77. The summed E-state index contributed by atoms with van der Waals surface area (Å²) in [5.74, 6) is 1.94. The average molecular weight is 318 g/mol. The highest BCUT2D eigenvalue weighted by atomic mass is 16.5. The van der Waals surface area contributed by atoms with Crippen LogP contribution in [0.4, 0.5) is 0 Å². The summed E-state index contributed by atoms with van der Waals surface area (Å²) in [5.41, 5.74) is 0. The Kier molecular flexibility index (Phi) is 5.18. The first-order chi connectivity index (χ1) is 11.1. The average Bonchev–Trinajstić information content (AvgIpc) is 3.31. The van der Waals surface area contributed by atoms with Crippen molar-refractivity contribution >= 4 is 5.91 Å². The van der Waals surface area contributed by atoms with Crippen molar-refractivity contribution in [2.45, 2.75) is 19.4 Å². The molecular weight excluding hydrogens is 292 g/mol. The van der Waals surface area contributed by atoms with Crippen LogP contribution < -0.4 is 4.74 Å². The fourth-order valence-corrected chi connectivity index (χ4v) is 3.11. The first-order valence-electron chi connectivity index (χ1n) is 8.50. The lowest BCUT2D eigenvalue weighted by Crippen LogP contribution is -2.51. The zero-order chi connectivity index (χ0) is 16.2. The number of para-hydroxylation sites is 1. The molecule has 1 aliphatic heterocycles. The third-order valence-electron chi connectivity index (χ3n) is 4.77. The van der Waals surface area contributed by atoms with Gasteiger partial charge in [-0.05, 0) is 24.5 Å². The van der Waals surface area contributed by atoms with Crippen LogP contribution in [0.15, 0.2) is 30.3 Å². The van der Waals surface area contributed by atoms with E-state index < -0.39 is 6.10 Å². The summed E-state index contributed by atoms with van der Waals surface area (Å²) in [7, 11) is 0. The van der Waals surface area contributed by atoms with Gasteiger partial charge in [0.2, 0.25) is 5.91 Å². The number of aliphatic hydroxyl groups excluding tert-OH is 1. The van der Waals surface area contributed by atoms with Crippen molar-refractivity contribution in [3.8, 4) is 5.75 Å². The van der Waals surface area contributed by atoms with Crippen LogP contribution in [0.3, 0.4) is 0 Å². The van der Waals surface area contributed by atoms with Crippen molar-refractivity contribution in [2.75, 3.05) is 39.3 Å². The largest absolute Gasteiger partial charge is 0.491 e. The van der Waals surface area contributed by atoms with E-state index in [4.69, 9.17) is 4.74 Å². The minimum atomic E-state index is -0.513. The maximum absolute atomic E-state index is 12.2. The van der Waals surface area contributed by atoms with Gasteiger partial charge in [-0.25, -0.2) is 0 Å². The Morgan fingerprint density at radius 3 is 2.52 bits per heavy atom. The van der Waals surface area contributed by atoms with E-state index >= 15 is 0 Å². The van der Waals surface area contributed by atoms with Crippen molar-refractivity contribution in [1.29, 1.82) is 0 Å². The first kappa shape index (κ1) is 16.3. The van der Waals surface area contributed by atoms with E-state index in [1.54, 1.807) is 0 Å². The van der Waals surface area contributed by atoms with Crippen LogP contribution in [0.1, 0.15) is 13.3 Å². The normalized spacial score (nSPS) is 25.9.